The molecule has 0 radical (unpaired) electrons. The first-order valence-electron chi connectivity index (χ1n) is 6.01. The molecule has 0 saturated carbocycles. The van der Waals surface area contributed by atoms with Crippen LogP contribution in [0.5, 0.6) is 0 Å². The first kappa shape index (κ1) is 13.6. The van der Waals surface area contributed by atoms with E-state index in [1.807, 2.05) is 0 Å². The molecule has 0 aromatic carbocycles. The Balaban J connectivity index is 2.30. The second kappa shape index (κ2) is 4.56. The lowest BCUT2D eigenvalue weighted by Gasteiger charge is -2.29. The third kappa shape index (κ3) is 2.13. The summed E-state index contributed by atoms with van der Waals surface area (Å²) in [6.45, 7) is 1.64. The van der Waals surface area contributed by atoms with E-state index in [2.05, 4.69) is 9.97 Å². The molecule has 0 N–H and O–H groups in total. The Morgan fingerprint density at radius 1 is 1.40 bits per heavy atom. The third-order valence-corrected chi connectivity index (χ3v) is 3.61. The lowest BCUT2D eigenvalue weighted by atomic mass is 9.94. The van der Waals surface area contributed by atoms with Gasteiger partial charge in [-0.2, -0.15) is 13.2 Å². The van der Waals surface area contributed by atoms with E-state index >= 15 is 0 Å². The molecule has 2 aromatic heterocycles. The molecule has 2 aromatic rings. The molecule has 0 aliphatic carbocycles. The number of aromatic nitrogens is 2. The highest BCUT2D eigenvalue weighted by atomic mass is 35.5. The molecule has 106 valence electrons. The minimum absolute atomic E-state index is 0.0101. The summed E-state index contributed by atoms with van der Waals surface area (Å²) in [4.78, 5) is 8.19. The first-order chi connectivity index (χ1) is 9.38. The Hall–Kier alpha value is -1.40. The molecule has 1 unspecified atom stereocenters. The molecule has 1 aliphatic heterocycles. The van der Waals surface area contributed by atoms with Gasteiger partial charge in [-0.05, 0) is 18.6 Å². The normalized spacial score (nSPS) is 19.1. The van der Waals surface area contributed by atoms with Crippen molar-refractivity contribution in [1.82, 2.24) is 9.97 Å². The van der Waals surface area contributed by atoms with E-state index in [0.29, 0.717) is 28.6 Å². The Labute approximate surface area is 117 Å². The molecule has 7 heteroatoms. The molecule has 20 heavy (non-hydrogen) atoms. The van der Waals surface area contributed by atoms with E-state index in [4.69, 9.17) is 16.3 Å². The second-order valence-corrected chi connectivity index (χ2v) is 5.05. The maximum absolute atomic E-state index is 13.1. The van der Waals surface area contributed by atoms with Gasteiger partial charge in [-0.3, -0.25) is 4.98 Å². The molecule has 3 rings (SSSR count). The highest BCUT2D eigenvalue weighted by molar-refractivity contribution is 6.30. The smallest absolute Gasteiger partial charge is 0.364 e. The topological polar surface area (TPSA) is 35.0 Å². The maximum Gasteiger partial charge on any atom is 0.418 e. The summed E-state index contributed by atoms with van der Waals surface area (Å²) in [6.07, 6.45) is -4.54. The molecule has 3 heterocycles. The predicted octanol–water partition coefficient (Wildman–Crippen LogP) is 3.77. The molecule has 0 fully saturated rings. The van der Waals surface area contributed by atoms with E-state index in [-0.39, 0.29) is 17.3 Å². The quantitative estimate of drug-likeness (QED) is 0.695. The summed E-state index contributed by atoms with van der Waals surface area (Å²) in [7, 11) is 0. The Bertz CT molecular complexity index is 687. The standard InChI is InChI=1S/C13H10ClF3N2O/c1-6-7-4-10(14)18-5-9(7)19-8-2-3-20-12(11(6)8)13(15,16)17/h4-5,12H,2-3H2,1H3. The fraction of sp³-hybridized carbons (Fsp3) is 0.385. The van der Waals surface area contributed by atoms with Crippen LogP contribution in [0.15, 0.2) is 12.3 Å². The van der Waals surface area contributed by atoms with Gasteiger partial charge in [-0.15, -0.1) is 0 Å². The third-order valence-electron chi connectivity index (χ3n) is 3.41. The molecular formula is C13H10ClF3N2O. The highest BCUT2D eigenvalue weighted by Gasteiger charge is 2.45. The van der Waals surface area contributed by atoms with Gasteiger partial charge in [0.15, 0.2) is 6.10 Å². The van der Waals surface area contributed by atoms with Crippen molar-refractivity contribution in [2.24, 2.45) is 0 Å². The van der Waals surface area contributed by atoms with E-state index < -0.39 is 12.3 Å². The summed E-state index contributed by atoms with van der Waals surface area (Å²) >= 11 is 5.81. The molecular weight excluding hydrogens is 293 g/mol. The SMILES string of the molecule is Cc1c2c(nc3cnc(Cl)cc13)CCOC2C(F)(F)F. The van der Waals surface area contributed by atoms with Gasteiger partial charge >= 0.3 is 6.18 Å². The van der Waals surface area contributed by atoms with Crippen LogP contribution in [-0.4, -0.2) is 22.8 Å². The first-order valence-corrected chi connectivity index (χ1v) is 6.38. The summed E-state index contributed by atoms with van der Waals surface area (Å²) in [6, 6.07) is 1.53. The number of aryl methyl sites for hydroxylation is 1. The van der Waals surface area contributed by atoms with E-state index in [9.17, 15) is 13.2 Å². The van der Waals surface area contributed by atoms with Crippen LogP contribution in [0.3, 0.4) is 0 Å². The van der Waals surface area contributed by atoms with Crippen LogP contribution in [0.25, 0.3) is 10.9 Å². The van der Waals surface area contributed by atoms with Crippen LogP contribution in [-0.2, 0) is 11.2 Å². The zero-order chi connectivity index (χ0) is 14.5. The number of pyridine rings is 2. The van der Waals surface area contributed by atoms with Gasteiger partial charge in [0.1, 0.15) is 5.15 Å². The number of hydrogen-bond donors (Lipinski definition) is 0. The minimum atomic E-state index is -4.45. The summed E-state index contributed by atoms with van der Waals surface area (Å²) in [5.41, 5.74) is 1.58. The zero-order valence-corrected chi connectivity index (χ0v) is 11.2. The van der Waals surface area contributed by atoms with Gasteiger partial charge in [0.2, 0.25) is 0 Å². The van der Waals surface area contributed by atoms with Crippen LogP contribution < -0.4 is 0 Å². The van der Waals surface area contributed by atoms with Gasteiger partial charge in [-0.25, -0.2) is 4.98 Å². The lowest BCUT2D eigenvalue weighted by Crippen LogP contribution is -2.30. The molecule has 0 bridgehead atoms. The molecule has 1 aliphatic rings. The van der Waals surface area contributed by atoms with Crippen molar-refractivity contribution in [1.29, 1.82) is 0 Å². The summed E-state index contributed by atoms with van der Waals surface area (Å²) in [5.74, 6) is 0. The number of alkyl halides is 3. The van der Waals surface area contributed by atoms with Gasteiger partial charge in [0.25, 0.3) is 0 Å². The van der Waals surface area contributed by atoms with Crippen molar-refractivity contribution >= 4 is 22.5 Å². The van der Waals surface area contributed by atoms with E-state index in [0.717, 1.165) is 0 Å². The van der Waals surface area contributed by atoms with E-state index in [1.165, 1.54) is 12.3 Å². The monoisotopic (exact) mass is 302 g/mol. The predicted molar refractivity (Wildman–Crippen MR) is 67.7 cm³/mol. The average molecular weight is 303 g/mol. The van der Waals surface area contributed by atoms with Gasteiger partial charge in [-0.1, -0.05) is 11.6 Å². The maximum atomic E-state index is 13.1. The van der Waals surface area contributed by atoms with Crippen LogP contribution in [0.2, 0.25) is 5.15 Å². The van der Waals surface area contributed by atoms with Crippen LogP contribution in [0, 0.1) is 6.92 Å². The van der Waals surface area contributed by atoms with E-state index in [1.54, 1.807) is 6.92 Å². The number of rotatable bonds is 0. The number of hydrogen-bond acceptors (Lipinski definition) is 3. The fourth-order valence-electron chi connectivity index (χ4n) is 2.53. The van der Waals surface area contributed by atoms with Crippen molar-refractivity contribution in [2.75, 3.05) is 6.61 Å². The Kier molecular flexibility index (Phi) is 3.10. The van der Waals surface area contributed by atoms with Crippen molar-refractivity contribution < 1.29 is 17.9 Å². The number of halogens is 4. The van der Waals surface area contributed by atoms with Crippen molar-refractivity contribution in [2.45, 2.75) is 25.6 Å². The number of nitrogens with zero attached hydrogens (tertiary/aromatic N) is 2. The van der Waals surface area contributed by atoms with Crippen LogP contribution >= 0.6 is 11.6 Å². The van der Waals surface area contributed by atoms with Gasteiger partial charge in [0, 0.05) is 23.1 Å². The second-order valence-electron chi connectivity index (χ2n) is 4.66. The minimum Gasteiger partial charge on any atom is -0.364 e. The average Bonchev–Trinajstić information content (AvgIpc) is 2.38. The molecule has 3 nitrogen and oxygen atoms in total. The highest BCUT2D eigenvalue weighted by Crippen LogP contribution is 2.42. The van der Waals surface area contributed by atoms with Crippen molar-refractivity contribution in [3.8, 4) is 0 Å². The zero-order valence-electron chi connectivity index (χ0n) is 10.5. The van der Waals surface area contributed by atoms with Gasteiger partial charge < -0.3 is 4.74 Å². The number of fused-ring (bicyclic) bond motifs is 2. The lowest BCUT2D eigenvalue weighted by molar-refractivity contribution is -0.227. The largest absolute Gasteiger partial charge is 0.418 e. The Morgan fingerprint density at radius 3 is 2.85 bits per heavy atom. The van der Waals surface area contributed by atoms with Gasteiger partial charge in [0.05, 0.1) is 18.3 Å². The number of ether oxygens (including phenoxy) is 1. The summed E-state index contributed by atoms with van der Waals surface area (Å²) < 4.78 is 44.2. The molecule has 0 spiro atoms. The molecule has 1 atom stereocenters. The van der Waals surface area contributed by atoms with Crippen LogP contribution in [0.4, 0.5) is 13.2 Å². The fourth-order valence-corrected chi connectivity index (χ4v) is 2.69. The molecule has 0 saturated heterocycles. The van der Waals surface area contributed by atoms with Crippen molar-refractivity contribution in [3.05, 3.63) is 34.2 Å². The van der Waals surface area contributed by atoms with Crippen molar-refractivity contribution in [3.63, 3.8) is 0 Å². The van der Waals surface area contributed by atoms with Crippen LogP contribution in [0.1, 0.15) is 22.9 Å². The summed E-state index contributed by atoms with van der Waals surface area (Å²) in [5, 5.41) is 0.797. The Morgan fingerprint density at radius 2 is 2.15 bits per heavy atom. The molecule has 0 amide bonds.